The molecule has 1 aromatic carbocycles. The summed E-state index contributed by atoms with van der Waals surface area (Å²) >= 11 is 7.87. The van der Waals surface area contributed by atoms with Gasteiger partial charge in [0.2, 0.25) is 5.91 Å². The van der Waals surface area contributed by atoms with Crippen molar-refractivity contribution in [2.24, 2.45) is 0 Å². The summed E-state index contributed by atoms with van der Waals surface area (Å²) in [5.74, 6) is 1.10. The van der Waals surface area contributed by atoms with Gasteiger partial charge in [-0.3, -0.25) is 14.8 Å². The predicted molar refractivity (Wildman–Crippen MR) is 140 cm³/mol. The maximum absolute atomic E-state index is 11.5. The van der Waals surface area contributed by atoms with Gasteiger partial charge in [0.25, 0.3) is 0 Å². The second-order valence-electron chi connectivity index (χ2n) is 8.87. The highest BCUT2D eigenvalue weighted by atomic mass is 35.5. The molecule has 8 nitrogen and oxygen atoms in total. The summed E-state index contributed by atoms with van der Waals surface area (Å²) in [7, 11) is 4.25. The molecule has 0 saturated carbocycles. The zero-order valence-electron chi connectivity index (χ0n) is 19.7. The van der Waals surface area contributed by atoms with Crippen molar-refractivity contribution < 1.29 is 4.79 Å². The lowest BCUT2D eigenvalue weighted by atomic mass is 9.92. The Labute approximate surface area is 213 Å². The van der Waals surface area contributed by atoms with Crippen LogP contribution in [0.25, 0.3) is 21.1 Å². The number of amides is 1. The molecule has 1 aliphatic rings. The third-order valence-corrected chi connectivity index (χ3v) is 7.66. The summed E-state index contributed by atoms with van der Waals surface area (Å²) in [6.07, 6.45) is 3.24. The molecular formula is C25H26ClN7OS. The molecule has 4 aromatic rings. The third kappa shape index (κ3) is 4.99. The molecule has 1 unspecified atom stereocenters. The number of anilines is 1. The number of aromatic amines is 1. The molecular weight excluding hydrogens is 482 g/mol. The second-order valence-corrected chi connectivity index (χ2v) is 10.4. The van der Waals surface area contributed by atoms with Crippen molar-refractivity contribution in [1.82, 2.24) is 30.0 Å². The number of aromatic nitrogens is 4. The first-order chi connectivity index (χ1) is 16.9. The van der Waals surface area contributed by atoms with Gasteiger partial charge in [-0.05, 0) is 61.1 Å². The number of thiophene rings is 1. The van der Waals surface area contributed by atoms with E-state index in [4.69, 9.17) is 11.6 Å². The van der Waals surface area contributed by atoms with Gasteiger partial charge in [0.15, 0.2) is 5.82 Å². The van der Waals surface area contributed by atoms with E-state index in [1.807, 2.05) is 24.3 Å². The summed E-state index contributed by atoms with van der Waals surface area (Å²) in [6.45, 7) is 3.40. The molecule has 2 N–H and O–H groups in total. The molecule has 3 aromatic heterocycles. The van der Waals surface area contributed by atoms with Gasteiger partial charge in [0.05, 0.1) is 10.9 Å². The van der Waals surface area contributed by atoms with Crippen molar-refractivity contribution in [2.45, 2.75) is 19.0 Å². The van der Waals surface area contributed by atoms with E-state index in [0.717, 1.165) is 39.8 Å². The number of benzene rings is 1. The van der Waals surface area contributed by atoms with E-state index in [2.05, 4.69) is 67.6 Å². The Kier molecular flexibility index (Phi) is 6.66. The smallest absolute Gasteiger partial charge is 0.222 e. The molecule has 1 fully saturated rings. The van der Waals surface area contributed by atoms with Gasteiger partial charge in [0, 0.05) is 42.2 Å². The van der Waals surface area contributed by atoms with Crippen molar-refractivity contribution in [3.63, 3.8) is 0 Å². The lowest BCUT2D eigenvalue weighted by Gasteiger charge is -2.47. The fourth-order valence-corrected chi connectivity index (χ4v) is 5.60. The van der Waals surface area contributed by atoms with Crippen LogP contribution in [0.5, 0.6) is 0 Å². The number of carbonyl (C=O) groups is 1. The minimum absolute atomic E-state index is 0.0326. The number of nitrogens with zero attached hydrogens (tertiary/aromatic N) is 5. The fourth-order valence-electron chi connectivity index (χ4n) is 4.34. The van der Waals surface area contributed by atoms with Crippen molar-refractivity contribution in [1.29, 1.82) is 0 Å². The van der Waals surface area contributed by atoms with Crippen LogP contribution in [0.1, 0.15) is 24.1 Å². The number of pyridine rings is 1. The average molecular weight is 508 g/mol. The minimum Gasteiger partial charge on any atom is -0.311 e. The van der Waals surface area contributed by atoms with Crippen LogP contribution in [0.2, 0.25) is 5.02 Å². The number of hydrogen-bond acceptors (Lipinski definition) is 7. The fraction of sp³-hybridized carbons (Fsp3) is 0.280. The van der Waals surface area contributed by atoms with E-state index in [1.165, 1.54) is 18.8 Å². The zero-order chi connectivity index (χ0) is 24.5. The number of hydrogen-bond donors (Lipinski definition) is 2. The first kappa shape index (κ1) is 23.6. The van der Waals surface area contributed by atoms with Crippen molar-refractivity contribution >= 4 is 34.7 Å². The maximum Gasteiger partial charge on any atom is 0.222 e. The van der Waals surface area contributed by atoms with Gasteiger partial charge >= 0.3 is 0 Å². The lowest BCUT2D eigenvalue weighted by Crippen LogP contribution is -2.58. The largest absolute Gasteiger partial charge is 0.311 e. The molecule has 1 atom stereocenters. The highest BCUT2D eigenvalue weighted by Crippen LogP contribution is 2.45. The summed E-state index contributed by atoms with van der Waals surface area (Å²) in [6, 6.07) is 14.7. The van der Waals surface area contributed by atoms with E-state index < -0.39 is 0 Å². The van der Waals surface area contributed by atoms with E-state index in [0.29, 0.717) is 16.9 Å². The van der Waals surface area contributed by atoms with Crippen LogP contribution >= 0.6 is 22.9 Å². The molecule has 10 heteroatoms. The monoisotopic (exact) mass is 507 g/mol. The molecule has 0 bridgehead atoms. The molecule has 0 spiro atoms. The number of carbonyl (C=O) groups excluding carboxylic acids is 1. The van der Waals surface area contributed by atoms with Crippen molar-refractivity contribution in [2.75, 3.05) is 32.5 Å². The van der Waals surface area contributed by atoms with Crippen LogP contribution < -0.4 is 5.32 Å². The van der Waals surface area contributed by atoms with E-state index in [9.17, 15) is 4.79 Å². The predicted octanol–water partition coefficient (Wildman–Crippen LogP) is 4.54. The Morgan fingerprint density at radius 1 is 1.20 bits per heavy atom. The van der Waals surface area contributed by atoms with Crippen molar-refractivity contribution in [3.05, 3.63) is 71.1 Å². The highest BCUT2D eigenvalue weighted by Gasteiger charge is 2.37. The first-order valence-corrected chi connectivity index (χ1v) is 12.5. The number of likely N-dealkylation sites (N-methyl/N-ethyl adjacent to an activating group) is 1. The normalized spacial score (nSPS) is 15.2. The summed E-state index contributed by atoms with van der Waals surface area (Å²) < 4.78 is 0. The van der Waals surface area contributed by atoms with Crippen LogP contribution in [0.4, 0.5) is 5.82 Å². The molecule has 1 amide bonds. The SMILES string of the molecule is CC(=O)Nc1cc(-c2cc(C(c3ccc(Cl)cc3)N3CC(N(C)C)C3)c(-c3ncn[nH]3)s2)ccn1. The summed E-state index contributed by atoms with van der Waals surface area (Å²) in [5.41, 5.74) is 3.30. The number of rotatable bonds is 7. The van der Waals surface area contributed by atoms with Gasteiger partial charge in [-0.2, -0.15) is 5.10 Å². The van der Waals surface area contributed by atoms with Crippen LogP contribution in [-0.2, 0) is 4.79 Å². The zero-order valence-corrected chi connectivity index (χ0v) is 21.3. The Balaban J connectivity index is 1.61. The Bertz CT molecular complexity index is 1310. The standard InChI is InChI=1S/C25H26ClN7OS/c1-15(34)30-22-10-17(8-9-27-22)21-11-20(24(35-21)25-28-14-29-31-25)23(16-4-6-18(26)7-5-16)33-12-19(13-33)32(2)3/h4-11,14,19,23H,12-13H2,1-3H3,(H,27,30,34)(H,28,29,31). The van der Waals surface area contributed by atoms with Gasteiger partial charge in [-0.1, -0.05) is 23.7 Å². The molecule has 0 aliphatic carbocycles. The minimum atomic E-state index is -0.153. The van der Waals surface area contributed by atoms with Crippen LogP contribution in [0.3, 0.4) is 0 Å². The molecule has 0 radical (unpaired) electrons. The van der Waals surface area contributed by atoms with Crippen LogP contribution in [-0.4, -0.2) is 69.1 Å². The number of likely N-dealkylation sites (tertiary alicyclic amines) is 1. The van der Waals surface area contributed by atoms with Crippen LogP contribution in [0, 0.1) is 0 Å². The van der Waals surface area contributed by atoms with Crippen LogP contribution in [0.15, 0.2) is 55.0 Å². The molecule has 1 aliphatic heterocycles. The third-order valence-electron chi connectivity index (χ3n) is 6.21. The quantitative estimate of drug-likeness (QED) is 0.381. The van der Waals surface area contributed by atoms with Crippen molar-refractivity contribution in [3.8, 4) is 21.1 Å². The maximum atomic E-state index is 11.5. The second kappa shape index (κ2) is 9.87. The number of H-pyrrole nitrogens is 1. The lowest BCUT2D eigenvalue weighted by molar-refractivity contribution is -0.114. The van der Waals surface area contributed by atoms with E-state index >= 15 is 0 Å². The van der Waals surface area contributed by atoms with E-state index in [-0.39, 0.29) is 11.9 Å². The molecule has 35 heavy (non-hydrogen) atoms. The molecule has 4 heterocycles. The van der Waals surface area contributed by atoms with Gasteiger partial charge < -0.3 is 10.2 Å². The topological polar surface area (TPSA) is 90.0 Å². The van der Waals surface area contributed by atoms with Gasteiger partial charge in [0.1, 0.15) is 12.1 Å². The molecule has 180 valence electrons. The van der Waals surface area contributed by atoms with E-state index in [1.54, 1.807) is 17.5 Å². The van der Waals surface area contributed by atoms with Gasteiger partial charge in [-0.15, -0.1) is 11.3 Å². The summed E-state index contributed by atoms with van der Waals surface area (Å²) in [4.78, 5) is 27.1. The Hall–Kier alpha value is -3.11. The highest BCUT2D eigenvalue weighted by molar-refractivity contribution is 7.19. The Morgan fingerprint density at radius 2 is 1.97 bits per heavy atom. The molecule has 5 rings (SSSR count). The van der Waals surface area contributed by atoms with Gasteiger partial charge in [-0.25, -0.2) is 9.97 Å². The summed E-state index contributed by atoms with van der Waals surface area (Å²) in [5, 5.41) is 10.6. The molecule has 1 saturated heterocycles. The average Bonchev–Trinajstić information content (AvgIpc) is 3.46. The first-order valence-electron chi connectivity index (χ1n) is 11.3. The number of halogens is 1. The Morgan fingerprint density at radius 3 is 2.63 bits per heavy atom. The number of nitrogens with one attached hydrogen (secondary N) is 2.